The van der Waals surface area contributed by atoms with Crippen molar-refractivity contribution in [1.29, 1.82) is 0 Å². The number of para-hydroxylation sites is 1. The summed E-state index contributed by atoms with van der Waals surface area (Å²) in [4.78, 5) is 4.05. The molecule has 0 atom stereocenters. The molecule has 0 saturated heterocycles. The van der Waals surface area contributed by atoms with E-state index in [1.807, 2.05) is 54.6 Å². The van der Waals surface area contributed by atoms with E-state index in [1.54, 1.807) is 18.3 Å². The van der Waals surface area contributed by atoms with Gasteiger partial charge in [-0.15, -0.1) is 0 Å². The predicted octanol–water partition coefficient (Wildman–Crippen LogP) is 4.99. The quantitative estimate of drug-likeness (QED) is 0.568. The first-order chi connectivity index (χ1) is 11.8. The fourth-order valence-electron chi connectivity index (χ4n) is 2.00. The average molecular weight is 342 g/mol. The summed E-state index contributed by atoms with van der Waals surface area (Å²) in [7, 11) is 0. The first-order valence-corrected chi connectivity index (χ1v) is 7.88. The normalized spacial score (nSPS) is 10.2. The van der Waals surface area contributed by atoms with E-state index in [9.17, 15) is 0 Å². The molecular formula is C19H16ClNO3. The molecule has 0 saturated carbocycles. The Bertz CT molecular complexity index is 763. The van der Waals surface area contributed by atoms with Crippen molar-refractivity contribution in [2.24, 2.45) is 0 Å². The number of nitrogens with zero attached hydrogens (tertiary/aromatic N) is 1. The molecule has 1 aromatic heterocycles. The van der Waals surface area contributed by atoms with Crippen LogP contribution in [0.5, 0.6) is 23.1 Å². The standard InChI is InChI=1S/C19H16ClNO3/c20-18-7-4-12-21-19(18)23-14-13-22-15-8-10-17(11-9-15)24-16-5-2-1-3-6-16/h1-12H,13-14H2. The molecule has 3 rings (SSSR count). The van der Waals surface area contributed by atoms with Gasteiger partial charge in [0.1, 0.15) is 35.5 Å². The van der Waals surface area contributed by atoms with Crippen LogP contribution in [0, 0.1) is 0 Å². The van der Waals surface area contributed by atoms with Crippen LogP contribution in [0.3, 0.4) is 0 Å². The van der Waals surface area contributed by atoms with Gasteiger partial charge in [-0.2, -0.15) is 0 Å². The molecule has 1 heterocycles. The maximum Gasteiger partial charge on any atom is 0.232 e. The summed E-state index contributed by atoms with van der Waals surface area (Å²) in [6.07, 6.45) is 1.63. The lowest BCUT2D eigenvalue weighted by molar-refractivity contribution is 0.212. The lowest BCUT2D eigenvalue weighted by Gasteiger charge is -2.09. The third-order valence-electron chi connectivity index (χ3n) is 3.12. The SMILES string of the molecule is Clc1cccnc1OCCOc1ccc(Oc2ccccc2)cc1. The van der Waals surface area contributed by atoms with Crippen molar-refractivity contribution in [3.05, 3.63) is 77.9 Å². The minimum Gasteiger partial charge on any atom is -0.490 e. The monoisotopic (exact) mass is 341 g/mol. The highest BCUT2D eigenvalue weighted by Gasteiger charge is 2.02. The van der Waals surface area contributed by atoms with Gasteiger partial charge in [0, 0.05) is 6.20 Å². The molecule has 0 aliphatic heterocycles. The number of benzene rings is 2. The van der Waals surface area contributed by atoms with E-state index in [1.165, 1.54) is 0 Å². The molecule has 0 aliphatic carbocycles. The van der Waals surface area contributed by atoms with Crippen LogP contribution < -0.4 is 14.2 Å². The Morgan fingerprint density at radius 1 is 0.708 bits per heavy atom. The summed E-state index contributed by atoms with van der Waals surface area (Å²) in [5.74, 6) is 2.71. The fourth-order valence-corrected chi connectivity index (χ4v) is 2.18. The number of rotatable bonds is 7. The third-order valence-corrected chi connectivity index (χ3v) is 3.41. The molecule has 0 aliphatic rings. The van der Waals surface area contributed by atoms with Gasteiger partial charge in [-0.3, -0.25) is 0 Å². The highest BCUT2D eigenvalue weighted by atomic mass is 35.5. The number of hydrogen-bond donors (Lipinski definition) is 0. The molecule has 0 spiro atoms. The first-order valence-electron chi connectivity index (χ1n) is 7.50. The lowest BCUT2D eigenvalue weighted by atomic mass is 10.3. The highest BCUT2D eigenvalue weighted by molar-refractivity contribution is 6.31. The van der Waals surface area contributed by atoms with Crippen LogP contribution in [0.25, 0.3) is 0 Å². The smallest absolute Gasteiger partial charge is 0.232 e. The van der Waals surface area contributed by atoms with Gasteiger partial charge >= 0.3 is 0 Å². The molecule has 24 heavy (non-hydrogen) atoms. The van der Waals surface area contributed by atoms with E-state index in [2.05, 4.69) is 4.98 Å². The second-order valence-electron chi connectivity index (χ2n) is 4.87. The number of aromatic nitrogens is 1. The van der Waals surface area contributed by atoms with E-state index in [0.29, 0.717) is 24.1 Å². The van der Waals surface area contributed by atoms with Gasteiger partial charge in [0.15, 0.2) is 0 Å². The van der Waals surface area contributed by atoms with Gasteiger partial charge in [0.25, 0.3) is 0 Å². The molecule has 0 amide bonds. The van der Waals surface area contributed by atoms with Crippen molar-refractivity contribution < 1.29 is 14.2 Å². The number of ether oxygens (including phenoxy) is 3. The Morgan fingerprint density at radius 2 is 1.38 bits per heavy atom. The Kier molecular flexibility index (Phi) is 5.53. The molecule has 4 nitrogen and oxygen atoms in total. The number of halogens is 1. The van der Waals surface area contributed by atoms with Gasteiger partial charge in [-0.05, 0) is 48.5 Å². The Balaban J connectivity index is 1.45. The Morgan fingerprint density at radius 3 is 2.12 bits per heavy atom. The van der Waals surface area contributed by atoms with Crippen LogP contribution in [0.4, 0.5) is 0 Å². The van der Waals surface area contributed by atoms with E-state index in [4.69, 9.17) is 25.8 Å². The molecule has 0 unspecified atom stereocenters. The molecule has 5 heteroatoms. The maximum absolute atomic E-state index is 5.96. The maximum atomic E-state index is 5.96. The van der Waals surface area contributed by atoms with Crippen molar-refractivity contribution in [3.8, 4) is 23.1 Å². The second-order valence-corrected chi connectivity index (χ2v) is 5.28. The summed E-state index contributed by atoms with van der Waals surface area (Å²) < 4.78 is 16.8. The molecule has 2 aromatic carbocycles. The van der Waals surface area contributed by atoms with Crippen molar-refractivity contribution in [2.45, 2.75) is 0 Å². The molecule has 0 fully saturated rings. The molecule has 0 N–H and O–H groups in total. The van der Waals surface area contributed by atoms with Crippen LogP contribution in [-0.4, -0.2) is 18.2 Å². The molecular weight excluding hydrogens is 326 g/mol. The van der Waals surface area contributed by atoms with Crippen molar-refractivity contribution in [1.82, 2.24) is 4.98 Å². The van der Waals surface area contributed by atoms with Crippen LogP contribution in [0.15, 0.2) is 72.9 Å². The predicted molar refractivity (Wildman–Crippen MR) is 93.2 cm³/mol. The summed E-state index contributed by atoms with van der Waals surface area (Å²) in [6, 6.07) is 20.5. The molecule has 0 radical (unpaired) electrons. The topological polar surface area (TPSA) is 40.6 Å². The Labute approximate surface area is 145 Å². The van der Waals surface area contributed by atoms with Crippen molar-refractivity contribution in [2.75, 3.05) is 13.2 Å². The summed E-state index contributed by atoms with van der Waals surface area (Å²) in [6.45, 7) is 0.755. The van der Waals surface area contributed by atoms with E-state index >= 15 is 0 Å². The lowest BCUT2D eigenvalue weighted by Crippen LogP contribution is -2.09. The van der Waals surface area contributed by atoms with E-state index < -0.39 is 0 Å². The van der Waals surface area contributed by atoms with Crippen LogP contribution in [0.2, 0.25) is 5.02 Å². The van der Waals surface area contributed by atoms with Crippen LogP contribution >= 0.6 is 11.6 Å². The molecule has 0 bridgehead atoms. The van der Waals surface area contributed by atoms with Crippen molar-refractivity contribution >= 4 is 11.6 Å². The average Bonchev–Trinajstić information content (AvgIpc) is 2.62. The van der Waals surface area contributed by atoms with E-state index in [0.717, 1.165) is 17.2 Å². The highest BCUT2D eigenvalue weighted by Crippen LogP contribution is 2.23. The fraction of sp³-hybridized carbons (Fsp3) is 0.105. The van der Waals surface area contributed by atoms with Gasteiger partial charge in [0.05, 0.1) is 0 Å². The zero-order valence-electron chi connectivity index (χ0n) is 12.9. The Hall–Kier alpha value is -2.72. The largest absolute Gasteiger partial charge is 0.490 e. The number of pyridine rings is 1. The summed E-state index contributed by atoms with van der Waals surface area (Å²) in [5, 5.41) is 0.486. The third kappa shape index (κ3) is 4.64. The molecule has 122 valence electrons. The van der Waals surface area contributed by atoms with E-state index in [-0.39, 0.29) is 0 Å². The van der Waals surface area contributed by atoms with Gasteiger partial charge in [-0.1, -0.05) is 29.8 Å². The van der Waals surface area contributed by atoms with Crippen LogP contribution in [0.1, 0.15) is 0 Å². The zero-order chi connectivity index (χ0) is 16.6. The van der Waals surface area contributed by atoms with Crippen molar-refractivity contribution in [3.63, 3.8) is 0 Å². The number of hydrogen-bond acceptors (Lipinski definition) is 4. The summed E-state index contributed by atoms with van der Waals surface area (Å²) in [5.41, 5.74) is 0. The summed E-state index contributed by atoms with van der Waals surface area (Å²) >= 11 is 5.96. The zero-order valence-corrected chi connectivity index (χ0v) is 13.6. The minimum absolute atomic E-state index is 0.360. The van der Waals surface area contributed by atoms with Crippen LogP contribution in [-0.2, 0) is 0 Å². The van der Waals surface area contributed by atoms with Gasteiger partial charge in [0.2, 0.25) is 5.88 Å². The first kappa shape index (κ1) is 16.1. The molecule has 3 aromatic rings. The van der Waals surface area contributed by atoms with Gasteiger partial charge in [-0.25, -0.2) is 4.98 Å². The second kappa shape index (κ2) is 8.22. The van der Waals surface area contributed by atoms with Gasteiger partial charge < -0.3 is 14.2 Å². The minimum atomic E-state index is 0.360.